The Bertz CT molecular complexity index is 490. The van der Waals surface area contributed by atoms with Crippen LogP contribution in [0, 0.1) is 12.8 Å². The Hall–Kier alpha value is -0.900. The lowest BCUT2D eigenvalue weighted by Gasteiger charge is -2.49. The standard InChI is InChI=1S/C18H28N2O/c1-14-5-4-6-15(11-14)17(12-19)20-10-9-18(21)8-3-2-7-16(18)13-20/h4-6,11,16-17,21H,2-3,7-10,12-13,19H2,1H3. The van der Waals surface area contributed by atoms with Crippen LogP contribution in [0.4, 0.5) is 0 Å². The van der Waals surface area contributed by atoms with Crippen LogP contribution in [0.3, 0.4) is 0 Å². The van der Waals surface area contributed by atoms with E-state index >= 15 is 0 Å². The lowest BCUT2D eigenvalue weighted by molar-refractivity contribution is -0.102. The van der Waals surface area contributed by atoms with Gasteiger partial charge >= 0.3 is 0 Å². The Morgan fingerprint density at radius 2 is 2.24 bits per heavy atom. The SMILES string of the molecule is Cc1cccc(C(CN)N2CCC3(O)CCCCC3C2)c1. The molecule has 0 aromatic heterocycles. The minimum absolute atomic E-state index is 0.288. The van der Waals surface area contributed by atoms with Gasteiger partial charge in [-0.1, -0.05) is 42.7 Å². The Balaban J connectivity index is 1.76. The number of rotatable bonds is 3. The van der Waals surface area contributed by atoms with Crippen LogP contribution in [-0.4, -0.2) is 35.2 Å². The number of piperidine rings is 1. The van der Waals surface area contributed by atoms with Gasteiger partial charge in [0.1, 0.15) is 0 Å². The Kier molecular flexibility index (Phi) is 4.34. The summed E-state index contributed by atoms with van der Waals surface area (Å²) in [6.45, 7) is 4.73. The van der Waals surface area contributed by atoms with Crippen LogP contribution in [0.25, 0.3) is 0 Å². The monoisotopic (exact) mass is 288 g/mol. The number of hydrogen-bond acceptors (Lipinski definition) is 3. The third kappa shape index (κ3) is 3.01. The molecule has 0 amide bonds. The van der Waals surface area contributed by atoms with Crippen LogP contribution in [0.2, 0.25) is 0 Å². The first-order valence-corrected chi connectivity index (χ1v) is 8.35. The number of aliphatic hydroxyl groups is 1. The maximum atomic E-state index is 10.8. The second kappa shape index (κ2) is 6.07. The summed E-state index contributed by atoms with van der Waals surface area (Å²) in [5.41, 5.74) is 8.29. The van der Waals surface area contributed by atoms with Crippen molar-refractivity contribution in [1.29, 1.82) is 0 Å². The third-order valence-corrected chi connectivity index (χ3v) is 5.55. The molecular formula is C18H28N2O. The quantitative estimate of drug-likeness (QED) is 0.899. The highest BCUT2D eigenvalue weighted by atomic mass is 16.3. The Morgan fingerprint density at radius 3 is 3.00 bits per heavy atom. The van der Waals surface area contributed by atoms with E-state index in [1.807, 2.05) is 0 Å². The van der Waals surface area contributed by atoms with E-state index in [-0.39, 0.29) is 6.04 Å². The molecule has 1 aliphatic carbocycles. The molecule has 3 nitrogen and oxygen atoms in total. The van der Waals surface area contributed by atoms with Crippen molar-refractivity contribution in [1.82, 2.24) is 4.90 Å². The Labute approximate surface area is 128 Å². The maximum Gasteiger partial charge on any atom is 0.0700 e. The van der Waals surface area contributed by atoms with Crippen molar-refractivity contribution >= 4 is 0 Å². The molecule has 0 bridgehead atoms. The summed E-state index contributed by atoms with van der Waals surface area (Å²) in [6.07, 6.45) is 5.51. The zero-order valence-electron chi connectivity index (χ0n) is 13.1. The van der Waals surface area contributed by atoms with Gasteiger partial charge in [0, 0.05) is 31.6 Å². The summed E-state index contributed by atoms with van der Waals surface area (Å²) in [5, 5.41) is 10.8. The van der Waals surface area contributed by atoms with E-state index in [9.17, 15) is 5.11 Å². The molecule has 116 valence electrons. The van der Waals surface area contributed by atoms with E-state index < -0.39 is 5.60 Å². The summed E-state index contributed by atoms with van der Waals surface area (Å²) in [4.78, 5) is 2.50. The number of nitrogens with zero attached hydrogens (tertiary/aromatic N) is 1. The summed E-state index contributed by atoms with van der Waals surface area (Å²) in [5.74, 6) is 0.429. The smallest absolute Gasteiger partial charge is 0.0700 e. The lowest BCUT2D eigenvalue weighted by Crippen LogP contribution is -2.54. The first kappa shape index (κ1) is 15.0. The molecule has 1 saturated carbocycles. The molecule has 0 radical (unpaired) electrons. The van der Waals surface area contributed by atoms with Crippen LogP contribution in [0.5, 0.6) is 0 Å². The van der Waals surface area contributed by atoms with E-state index in [4.69, 9.17) is 5.73 Å². The van der Waals surface area contributed by atoms with E-state index in [0.29, 0.717) is 12.5 Å². The van der Waals surface area contributed by atoms with Crippen molar-refractivity contribution in [3.05, 3.63) is 35.4 Å². The molecule has 1 saturated heterocycles. The Morgan fingerprint density at radius 1 is 1.38 bits per heavy atom. The van der Waals surface area contributed by atoms with E-state index in [1.54, 1.807) is 0 Å². The van der Waals surface area contributed by atoms with Crippen molar-refractivity contribution in [2.24, 2.45) is 11.7 Å². The van der Waals surface area contributed by atoms with Crippen molar-refractivity contribution in [2.75, 3.05) is 19.6 Å². The molecule has 1 aromatic carbocycles. The van der Waals surface area contributed by atoms with E-state index in [2.05, 4.69) is 36.1 Å². The van der Waals surface area contributed by atoms with Gasteiger partial charge < -0.3 is 10.8 Å². The number of benzene rings is 1. The molecule has 21 heavy (non-hydrogen) atoms. The van der Waals surface area contributed by atoms with Crippen LogP contribution in [-0.2, 0) is 0 Å². The first-order valence-electron chi connectivity index (χ1n) is 8.35. The van der Waals surface area contributed by atoms with Crippen molar-refractivity contribution in [3.8, 4) is 0 Å². The zero-order chi connectivity index (χ0) is 14.9. The molecule has 0 spiro atoms. The number of nitrogens with two attached hydrogens (primary N) is 1. The van der Waals surface area contributed by atoms with Crippen molar-refractivity contribution < 1.29 is 5.11 Å². The molecule has 1 aromatic rings. The average Bonchev–Trinajstić information content (AvgIpc) is 2.48. The fraction of sp³-hybridized carbons (Fsp3) is 0.667. The summed E-state index contributed by atoms with van der Waals surface area (Å²) in [6, 6.07) is 8.98. The van der Waals surface area contributed by atoms with Gasteiger partial charge in [-0.05, 0) is 31.7 Å². The minimum atomic E-state index is -0.402. The average molecular weight is 288 g/mol. The molecule has 3 atom stereocenters. The molecule has 2 fully saturated rings. The molecule has 1 heterocycles. The second-order valence-corrected chi connectivity index (χ2v) is 6.96. The highest BCUT2D eigenvalue weighted by molar-refractivity contribution is 5.25. The molecule has 3 heteroatoms. The van der Waals surface area contributed by atoms with E-state index in [0.717, 1.165) is 32.4 Å². The number of hydrogen-bond donors (Lipinski definition) is 2. The van der Waals surface area contributed by atoms with Crippen molar-refractivity contribution in [3.63, 3.8) is 0 Å². The molecular weight excluding hydrogens is 260 g/mol. The molecule has 3 unspecified atom stereocenters. The largest absolute Gasteiger partial charge is 0.390 e. The number of fused-ring (bicyclic) bond motifs is 1. The fourth-order valence-electron chi connectivity index (χ4n) is 4.25. The first-order chi connectivity index (χ1) is 10.1. The van der Waals surface area contributed by atoms with Gasteiger partial charge in [-0.3, -0.25) is 4.90 Å². The predicted molar refractivity (Wildman–Crippen MR) is 86.1 cm³/mol. The van der Waals surface area contributed by atoms with Gasteiger partial charge in [-0.15, -0.1) is 0 Å². The summed E-state index contributed by atoms with van der Waals surface area (Å²) in [7, 11) is 0. The van der Waals surface area contributed by atoms with Crippen molar-refractivity contribution in [2.45, 2.75) is 50.7 Å². The molecule has 2 aliphatic rings. The summed E-state index contributed by atoms with van der Waals surface area (Å²) >= 11 is 0. The zero-order valence-corrected chi connectivity index (χ0v) is 13.1. The number of aryl methyl sites for hydroxylation is 1. The molecule has 1 aliphatic heterocycles. The van der Waals surface area contributed by atoms with Gasteiger partial charge in [0.05, 0.1) is 5.60 Å². The van der Waals surface area contributed by atoms with Gasteiger partial charge in [0.2, 0.25) is 0 Å². The van der Waals surface area contributed by atoms with Crippen LogP contribution in [0.1, 0.15) is 49.3 Å². The van der Waals surface area contributed by atoms with Gasteiger partial charge in [-0.2, -0.15) is 0 Å². The number of likely N-dealkylation sites (tertiary alicyclic amines) is 1. The predicted octanol–water partition coefficient (Wildman–Crippen LogP) is 2.62. The molecule has 3 rings (SSSR count). The fourth-order valence-corrected chi connectivity index (χ4v) is 4.25. The summed E-state index contributed by atoms with van der Waals surface area (Å²) < 4.78 is 0. The van der Waals surface area contributed by atoms with Gasteiger partial charge in [0.15, 0.2) is 0 Å². The maximum absolute atomic E-state index is 10.8. The topological polar surface area (TPSA) is 49.5 Å². The van der Waals surface area contributed by atoms with Gasteiger partial charge in [-0.25, -0.2) is 0 Å². The van der Waals surface area contributed by atoms with Crippen LogP contribution >= 0.6 is 0 Å². The van der Waals surface area contributed by atoms with Gasteiger partial charge in [0.25, 0.3) is 0 Å². The van der Waals surface area contributed by atoms with E-state index in [1.165, 1.54) is 24.0 Å². The molecule has 3 N–H and O–H groups in total. The highest BCUT2D eigenvalue weighted by Crippen LogP contribution is 2.41. The highest BCUT2D eigenvalue weighted by Gasteiger charge is 2.43. The second-order valence-electron chi connectivity index (χ2n) is 6.96. The normalized spacial score (nSPS) is 31.7. The minimum Gasteiger partial charge on any atom is -0.390 e. The third-order valence-electron chi connectivity index (χ3n) is 5.55. The van der Waals surface area contributed by atoms with Crippen LogP contribution < -0.4 is 5.73 Å². The lowest BCUT2D eigenvalue weighted by atomic mass is 9.71. The van der Waals surface area contributed by atoms with Crippen LogP contribution in [0.15, 0.2) is 24.3 Å².